The summed E-state index contributed by atoms with van der Waals surface area (Å²) in [6, 6.07) is 5.88. The molecular formula is C15H20ClN3O. The number of ether oxygens (including phenoxy) is 1. The van der Waals surface area contributed by atoms with Gasteiger partial charge in [-0.15, -0.1) is 0 Å². The molecule has 1 aromatic heterocycles. The van der Waals surface area contributed by atoms with Crippen molar-refractivity contribution < 1.29 is 4.74 Å². The number of hydrogen-bond acceptors (Lipinski definition) is 3. The van der Waals surface area contributed by atoms with E-state index in [0.29, 0.717) is 5.02 Å². The molecule has 1 aromatic carbocycles. The number of hydrogen-bond donors (Lipinski definition) is 1. The van der Waals surface area contributed by atoms with E-state index in [1.807, 2.05) is 36.9 Å². The first-order valence-electron chi connectivity index (χ1n) is 6.78. The van der Waals surface area contributed by atoms with Gasteiger partial charge in [0.2, 0.25) is 0 Å². The predicted molar refractivity (Wildman–Crippen MR) is 81.2 cm³/mol. The molecule has 2 rings (SSSR count). The molecule has 0 aliphatic rings. The van der Waals surface area contributed by atoms with Crippen LogP contribution >= 0.6 is 11.6 Å². The molecule has 0 radical (unpaired) electrons. The minimum absolute atomic E-state index is 0.659. The van der Waals surface area contributed by atoms with Gasteiger partial charge in [0.1, 0.15) is 5.75 Å². The first-order valence-corrected chi connectivity index (χ1v) is 7.16. The molecule has 0 bridgehead atoms. The smallest absolute Gasteiger partial charge is 0.137 e. The molecular weight excluding hydrogens is 274 g/mol. The fourth-order valence-corrected chi connectivity index (χ4v) is 2.30. The molecule has 0 saturated carbocycles. The summed E-state index contributed by atoms with van der Waals surface area (Å²) in [5.41, 5.74) is 1.17. The van der Waals surface area contributed by atoms with Crippen LogP contribution in [0.3, 0.4) is 0 Å². The number of halogens is 1. The lowest BCUT2D eigenvalue weighted by atomic mass is 10.2. The summed E-state index contributed by atoms with van der Waals surface area (Å²) in [5, 5.41) is 4.08. The van der Waals surface area contributed by atoms with Crippen LogP contribution in [-0.2, 0) is 13.1 Å². The van der Waals surface area contributed by atoms with Gasteiger partial charge >= 0.3 is 0 Å². The molecule has 108 valence electrons. The molecule has 1 heterocycles. The second-order valence-corrected chi connectivity index (χ2v) is 5.06. The Hall–Kier alpha value is -1.52. The number of imidazole rings is 1. The third kappa shape index (κ3) is 4.54. The molecule has 0 unspecified atom stereocenters. The highest BCUT2D eigenvalue weighted by atomic mass is 35.5. The highest BCUT2D eigenvalue weighted by Gasteiger charge is 2.01. The Bertz CT molecular complexity index is 514. The van der Waals surface area contributed by atoms with Crippen molar-refractivity contribution in [3.05, 3.63) is 47.5 Å². The molecule has 0 aliphatic heterocycles. The predicted octanol–water partition coefficient (Wildman–Crippen LogP) is 3.12. The second kappa shape index (κ2) is 7.92. The van der Waals surface area contributed by atoms with Crippen molar-refractivity contribution >= 4 is 11.6 Å². The van der Waals surface area contributed by atoms with Crippen molar-refractivity contribution in [2.45, 2.75) is 25.9 Å². The third-order valence-electron chi connectivity index (χ3n) is 3.12. The van der Waals surface area contributed by atoms with Gasteiger partial charge in [0.25, 0.3) is 0 Å². The molecule has 0 spiro atoms. The lowest BCUT2D eigenvalue weighted by Crippen LogP contribution is -2.15. The maximum Gasteiger partial charge on any atom is 0.137 e. The minimum atomic E-state index is 0.659. The molecule has 5 heteroatoms. The number of aromatic nitrogens is 2. The van der Waals surface area contributed by atoms with Gasteiger partial charge in [-0.2, -0.15) is 0 Å². The van der Waals surface area contributed by atoms with E-state index in [4.69, 9.17) is 16.3 Å². The number of methoxy groups -OCH3 is 1. The average Bonchev–Trinajstić information content (AvgIpc) is 2.96. The van der Waals surface area contributed by atoms with Gasteiger partial charge < -0.3 is 14.6 Å². The van der Waals surface area contributed by atoms with E-state index in [9.17, 15) is 0 Å². The Morgan fingerprint density at radius 2 is 2.25 bits per heavy atom. The fourth-order valence-electron chi connectivity index (χ4n) is 2.02. The first-order chi connectivity index (χ1) is 9.79. The second-order valence-electron chi connectivity index (χ2n) is 4.65. The Labute approximate surface area is 124 Å². The van der Waals surface area contributed by atoms with Crippen molar-refractivity contribution in [1.29, 1.82) is 0 Å². The average molecular weight is 294 g/mol. The minimum Gasteiger partial charge on any atom is -0.495 e. The largest absolute Gasteiger partial charge is 0.495 e. The van der Waals surface area contributed by atoms with Gasteiger partial charge in [0.05, 0.1) is 18.5 Å². The van der Waals surface area contributed by atoms with Crippen molar-refractivity contribution in [3.8, 4) is 5.75 Å². The summed E-state index contributed by atoms with van der Waals surface area (Å²) in [4.78, 5) is 4.02. The van der Waals surface area contributed by atoms with E-state index in [1.165, 1.54) is 5.56 Å². The normalized spacial score (nSPS) is 10.7. The van der Waals surface area contributed by atoms with Gasteiger partial charge in [-0.3, -0.25) is 0 Å². The highest BCUT2D eigenvalue weighted by molar-refractivity contribution is 6.32. The molecule has 0 amide bonds. The molecule has 0 aliphatic carbocycles. The summed E-state index contributed by atoms with van der Waals surface area (Å²) >= 11 is 6.09. The van der Waals surface area contributed by atoms with Crippen LogP contribution in [0.1, 0.15) is 18.4 Å². The van der Waals surface area contributed by atoms with Crippen LogP contribution in [0.2, 0.25) is 5.02 Å². The lowest BCUT2D eigenvalue weighted by Gasteiger charge is -2.08. The van der Waals surface area contributed by atoms with Crippen molar-refractivity contribution in [1.82, 2.24) is 14.9 Å². The molecule has 2 aromatic rings. The van der Waals surface area contributed by atoms with Crippen LogP contribution in [0.15, 0.2) is 36.9 Å². The number of unbranched alkanes of at least 4 members (excludes halogenated alkanes) is 1. The Kier molecular flexibility index (Phi) is 5.89. The molecule has 20 heavy (non-hydrogen) atoms. The zero-order valence-corrected chi connectivity index (χ0v) is 12.4. The highest BCUT2D eigenvalue weighted by Crippen LogP contribution is 2.24. The molecule has 0 saturated heterocycles. The summed E-state index contributed by atoms with van der Waals surface area (Å²) in [6.07, 6.45) is 7.94. The molecule has 1 N–H and O–H groups in total. The van der Waals surface area contributed by atoms with E-state index < -0.39 is 0 Å². The van der Waals surface area contributed by atoms with Gasteiger partial charge in [-0.25, -0.2) is 4.98 Å². The third-order valence-corrected chi connectivity index (χ3v) is 3.42. The van der Waals surface area contributed by atoms with Crippen LogP contribution in [0.4, 0.5) is 0 Å². The van der Waals surface area contributed by atoms with Crippen molar-refractivity contribution in [2.24, 2.45) is 0 Å². The van der Waals surface area contributed by atoms with Crippen molar-refractivity contribution in [3.63, 3.8) is 0 Å². The maximum atomic E-state index is 6.09. The van der Waals surface area contributed by atoms with Crippen LogP contribution in [0, 0.1) is 0 Å². The number of benzene rings is 1. The van der Waals surface area contributed by atoms with Crippen LogP contribution < -0.4 is 10.1 Å². The van der Waals surface area contributed by atoms with Gasteiger partial charge in [0, 0.05) is 25.5 Å². The molecule has 0 fully saturated rings. The SMILES string of the molecule is COc1ccc(CNCCCCn2ccnc2)cc1Cl. The lowest BCUT2D eigenvalue weighted by molar-refractivity contribution is 0.415. The fraction of sp³-hybridized carbons (Fsp3) is 0.400. The van der Waals surface area contributed by atoms with Gasteiger partial charge in [0.15, 0.2) is 0 Å². The summed E-state index contributed by atoms with van der Waals surface area (Å²) in [6.45, 7) is 2.85. The van der Waals surface area contributed by atoms with Gasteiger partial charge in [-0.05, 0) is 37.1 Å². The van der Waals surface area contributed by atoms with Gasteiger partial charge in [-0.1, -0.05) is 17.7 Å². The van der Waals surface area contributed by atoms with E-state index in [1.54, 1.807) is 7.11 Å². The summed E-state index contributed by atoms with van der Waals surface area (Å²) in [7, 11) is 1.62. The number of nitrogens with one attached hydrogen (secondary N) is 1. The van der Waals surface area contributed by atoms with Crippen LogP contribution in [0.25, 0.3) is 0 Å². The van der Waals surface area contributed by atoms with E-state index in [-0.39, 0.29) is 0 Å². The quantitative estimate of drug-likeness (QED) is 0.760. The van der Waals surface area contributed by atoms with Crippen molar-refractivity contribution in [2.75, 3.05) is 13.7 Å². The number of aryl methyl sites for hydroxylation is 1. The van der Waals surface area contributed by atoms with Crippen LogP contribution in [0.5, 0.6) is 5.75 Å². The summed E-state index contributed by atoms with van der Waals surface area (Å²) in [5.74, 6) is 0.718. The topological polar surface area (TPSA) is 39.1 Å². The standard InChI is InChI=1S/C15H20ClN3O/c1-20-15-5-4-13(10-14(15)16)11-17-6-2-3-8-19-9-7-18-12-19/h4-5,7,9-10,12,17H,2-3,6,8,11H2,1H3. The molecule has 4 nitrogen and oxygen atoms in total. The van der Waals surface area contributed by atoms with E-state index >= 15 is 0 Å². The summed E-state index contributed by atoms with van der Waals surface area (Å²) < 4.78 is 7.23. The maximum absolute atomic E-state index is 6.09. The number of rotatable bonds is 8. The monoisotopic (exact) mass is 293 g/mol. The number of nitrogens with zero attached hydrogens (tertiary/aromatic N) is 2. The Balaban J connectivity index is 1.62. The Morgan fingerprint density at radius 3 is 2.95 bits per heavy atom. The zero-order chi connectivity index (χ0) is 14.2. The van der Waals surface area contributed by atoms with Crippen LogP contribution in [-0.4, -0.2) is 23.2 Å². The Morgan fingerprint density at radius 1 is 1.35 bits per heavy atom. The van der Waals surface area contributed by atoms with E-state index in [0.717, 1.165) is 38.2 Å². The molecule has 0 atom stereocenters. The zero-order valence-electron chi connectivity index (χ0n) is 11.7. The first kappa shape index (κ1) is 14.9. The van der Waals surface area contributed by atoms with E-state index in [2.05, 4.69) is 14.9 Å².